The van der Waals surface area contributed by atoms with E-state index in [1.54, 1.807) is 0 Å². The number of para-hydroxylation sites is 1. The van der Waals surface area contributed by atoms with Gasteiger partial charge in [-0.3, -0.25) is 0 Å². The summed E-state index contributed by atoms with van der Waals surface area (Å²) in [4.78, 5) is 2.61. The average Bonchev–Trinajstić information content (AvgIpc) is 2.77. The number of thiophene rings is 1. The van der Waals surface area contributed by atoms with Crippen molar-refractivity contribution in [2.24, 2.45) is 0 Å². The minimum atomic E-state index is 0.178. The SMILES string of the molecule is CCNC(c1cc(Br)c(C)s1)c1ccccc1OCC. The lowest BCUT2D eigenvalue weighted by Crippen LogP contribution is -2.21. The van der Waals surface area contributed by atoms with E-state index in [9.17, 15) is 0 Å². The summed E-state index contributed by atoms with van der Waals surface area (Å²) >= 11 is 5.43. The number of benzene rings is 1. The molecule has 0 fully saturated rings. The molecule has 0 amide bonds. The van der Waals surface area contributed by atoms with Gasteiger partial charge in [-0.05, 0) is 48.5 Å². The van der Waals surface area contributed by atoms with Gasteiger partial charge in [-0.2, -0.15) is 0 Å². The highest BCUT2D eigenvalue weighted by Crippen LogP contribution is 2.36. The lowest BCUT2D eigenvalue weighted by molar-refractivity contribution is 0.334. The second-order valence-electron chi connectivity index (χ2n) is 4.51. The minimum Gasteiger partial charge on any atom is -0.494 e. The van der Waals surface area contributed by atoms with Crippen LogP contribution in [0.1, 0.15) is 35.2 Å². The fourth-order valence-electron chi connectivity index (χ4n) is 2.20. The molecular formula is C16H20BrNOS. The summed E-state index contributed by atoms with van der Waals surface area (Å²) in [5.41, 5.74) is 1.20. The fourth-order valence-corrected chi connectivity index (χ4v) is 3.85. The van der Waals surface area contributed by atoms with Crippen molar-refractivity contribution in [3.05, 3.63) is 50.1 Å². The summed E-state index contributed by atoms with van der Waals surface area (Å²) in [5.74, 6) is 0.961. The topological polar surface area (TPSA) is 21.3 Å². The van der Waals surface area contributed by atoms with Crippen LogP contribution in [0.15, 0.2) is 34.8 Å². The Morgan fingerprint density at radius 1 is 1.30 bits per heavy atom. The molecule has 1 atom stereocenters. The number of nitrogens with one attached hydrogen (secondary N) is 1. The molecule has 0 radical (unpaired) electrons. The third kappa shape index (κ3) is 3.43. The fraction of sp³-hybridized carbons (Fsp3) is 0.375. The normalized spacial score (nSPS) is 12.4. The van der Waals surface area contributed by atoms with Gasteiger partial charge in [0.25, 0.3) is 0 Å². The van der Waals surface area contributed by atoms with E-state index in [2.05, 4.69) is 53.3 Å². The zero-order valence-electron chi connectivity index (χ0n) is 12.1. The smallest absolute Gasteiger partial charge is 0.124 e. The Kier molecular flexibility index (Phi) is 5.64. The van der Waals surface area contributed by atoms with Crippen LogP contribution in [0, 0.1) is 6.92 Å². The van der Waals surface area contributed by atoms with Gasteiger partial charge < -0.3 is 10.1 Å². The zero-order chi connectivity index (χ0) is 14.5. The van der Waals surface area contributed by atoms with Crippen molar-refractivity contribution in [3.8, 4) is 5.75 Å². The first-order valence-electron chi connectivity index (χ1n) is 6.88. The van der Waals surface area contributed by atoms with Gasteiger partial charge >= 0.3 is 0 Å². The van der Waals surface area contributed by atoms with Gasteiger partial charge in [0.2, 0.25) is 0 Å². The van der Waals surface area contributed by atoms with E-state index in [1.165, 1.54) is 19.8 Å². The lowest BCUT2D eigenvalue weighted by Gasteiger charge is -2.20. The molecule has 0 saturated carbocycles. The summed E-state index contributed by atoms with van der Waals surface area (Å²) in [6.07, 6.45) is 0. The minimum absolute atomic E-state index is 0.178. The van der Waals surface area contributed by atoms with E-state index in [0.717, 1.165) is 12.3 Å². The summed E-state index contributed by atoms with van der Waals surface area (Å²) in [6, 6.07) is 10.7. The number of hydrogen-bond acceptors (Lipinski definition) is 3. The Labute approximate surface area is 133 Å². The zero-order valence-corrected chi connectivity index (χ0v) is 14.5. The van der Waals surface area contributed by atoms with Crippen LogP contribution in [-0.4, -0.2) is 13.2 Å². The monoisotopic (exact) mass is 353 g/mol. The second-order valence-corrected chi connectivity index (χ2v) is 6.66. The summed E-state index contributed by atoms with van der Waals surface area (Å²) < 4.78 is 6.95. The largest absolute Gasteiger partial charge is 0.494 e. The highest BCUT2D eigenvalue weighted by atomic mass is 79.9. The summed E-state index contributed by atoms with van der Waals surface area (Å²) in [5, 5.41) is 3.56. The Morgan fingerprint density at radius 2 is 2.05 bits per heavy atom. The Morgan fingerprint density at radius 3 is 2.65 bits per heavy atom. The predicted octanol–water partition coefficient (Wildman–Crippen LogP) is 4.92. The van der Waals surface area contributed by atoms with E-state index >= 15 is 0 Å². The van der Waals surface area contributed by atoms with Gasteiger partial charge in [-0.1, -0.05) is 25.1 Å². The van der Waals surface area contributed by atoms with Gasteiger partial charge in [-0.25, -0.2) is 0 Å². The molecule has 0 saturated heterocycles. The molecular weight excluding hydrogens is 334 g/mol. The van der Waals surface area contributed by atoms with Crippen molar-refractivity contribution in [1.29, 1.82) is 0 Å². The van der Waals surface area contributed by atoms with Crippen molar-refractivity contribution < 1.29 is 4.74 Å². The molecule has 2 aromatic rings. The van der Waals surface area contributed by atoms with E-state index in [-0.39, 0.29) is 6.04 Å². The molecule has 1 aromatic carbocycles. The van der Waals surface area contributed by atoms with Crippen LogP contribution < -0.4 is 10.1 Å². The molecule has 1 unspecified atom stereocenters. The molecule has 1 N–H and O–H groups in total. The maximum Gasteiger partial charge on any atom is 0.124 e. The number of aryl methyl sites for hydroxylation is 1. The molecule has 1 aromatic heterocycles. The molecule has 108 valence electrons. The summed E-state index contributed by atoms with van der Waals surface area (Å²) in [7, 11) is 0. The van der Waals surface area contributed by atoms with Crippen LogP contribution in [0.5, 0.6) is 5.75 Å². The predicted molar refractivity (Wildman–Crippen MR) is 89.9 cm³/mol. The van der Waals surface area contributed by atoms with Gasteiger partial charge in [-0.15, -0.1) is 11.3 Å². The quantitative estimate of drug-likeness (QED) is 0.795. The average molecular weight is 354 g/mol. The van der Waals surface area contributed by atoms with Crippen molar-refractivity contribution in [2.75, 3.05) is 13.2 Å². The van der Waals surface area contributed by atoms with Crippen molar-refractivity contribution in [3.63, 3.8) is 0 Å². The molecule has 2 nitrogen and oxygen atoms in total. The standard InChI is InChI=1S/C16H20BrNOS/c1-4-18-16(15-10-13(17)11(3)20-15)12-8-6-7-9-14(12)19-5-2/h6-10,16,18H,4-5H2,1-3H3. The van der Waals surface area contributed by atoms with Gasteiger partial charge in [0.15, 0.2) is 0 Å². The van der Waals surface area contributed by atoms with Crippen LogP contribution in [-0.2, 0) is 0 Å². The maximum absolute atomic E-state index is 5.78. The lowest BCUT2D eigenvalue weighted by atomic mass is 10.0. The Balaban J connectivity index is 2.42. The van der Waals surface area contributed by atoms with Crippen LogP contribution in [0.25, 0.3) is 0 Å². The van der Waals surface area contributed by atoms with Crippen LogP contribution in [0.4, 0.5) is 0 Å². The third-order valence-electron chi connectivity index (χ3n) is 3.10. The summed E-state index contributed by atoms with van der Waals surface area (Å²) in [6.45, 7) is 7.88. The van der Waals surface area contributed by atoms with E-state index in [1.807, 2.05) is 30.4 Å². The van der Waals surface area contributed by atoms with E-state index in [0.29, 0.717) is 6.61 Å². The van der Waals surface area contributed by atoms with Gasteiger partial charge in [0, 0.05) is 19.8 Å². The maximum atomic E-state index is 5.78. The first kappa shape index (κ1) is 15.5. The third-order valence-corrected chi connectivity index (χ3v) is 5.30. The Hall–Kier alpha value is -0.840. The van der Waals surface area contributed by atoms with E-state index < -0.39 is 0 Å². The highest BCUT2D eigenvalue weighted by Gasteiger charge is 2.19. The Bertz CT molecular complexity index is 548. The van der Waals surface area contributed by atoms with Gasteiger partial charge in [0.1, 0.15) is 5.75 Å². The molecule has 4 heteroatoms. The first-order valence-corrected chi connectivity index (χ1v) is 8.49. The van der Waals surface area contributed by atoms with Crippen LogP contribution in [0.2, 0.25) is 0 Å². The van der Waals surface area contributed by atoms with E-state index in [4.69, 9.17) is 4.74 Å². The number of hydrogen-bond donors (Lipinski definition) is 1. The van der Waals surface area contributed by atoms with Crippen molar-refractivity contribution >= 4 is 27.3 Å². The number of halogens is 1. The molecule has 0 aliphatic rings. The van der Waals surface area contributed by atoms with Crippen molar-refractivity contribution in [1.82, 2.24) is 5.32 Å². The molecule has 0 bridgehead atoms. The van der Waals surface area contributed by atoms with Crippen LogP contribution in [0.3, 0.4) is 0 Å². The van der Waals surface area contributed by atoms with Crippen molar-refractivity contribution in [2.45, 2.75) is 26.8 Å². The molecule has 0 aliphatic heterocycles. The molecule has 0 spiro atoms. The second kappa shape index (κ2) is 7.25. The molecule has 20 heavy (non-hydrogen) atoms. The first-order chi connectivity index (χ1) is 9.67. The molecule has 2 rings (SSSR count). The number of rotatable bonds is 6. The number of ether oxygens (including phenoxy) is 1. The highest BCUT2D eigenvalue weighted by molar-refractivity contribution is 9.10. The molecule has 1 heterocycles. The van der Waals surface area contributed by atoms with Crippen LogP contribution >= 0.6 is 27.3 Å². The molecule has 0 aliphatic carbocycles. The van der Waals surface area contributed by atoms with Gasteiger partial charge in [0.05, 0.1) is 12.6 Å².